The Bertz CT molecular complexity index is 1140. The predicted molar refractivity (Wildman–Crippen MR) is 122 cm³/mol. The van der Waals surface area contributed by atoms with Gasteiger partial charge in [0.25, 0.3) is 5.91 Å². The topological polar surface area (TPSA) is 80.1 Å². The molecule has 0 atom stereocenters. The van der Waals surface area contributed by atoms with E-state index in [1.54, 1.807) is 14.0 Å². The molecule has 3 rings (SSSR count). The minimum Gasteiger partial charge on any atom is -0.331 e. The quantitative estimate of drug-likeness (QED) is 0.682. The summed E-state index contributed by atoms with van der Waals surface area (Å²) in [4.78, 5) is 28.4. The molecule has 0 aliphatic heterocycles. The summed E-state index contributed by atoms with van der Waals surface area (Å²) in [6, 6.07) is 10.00. The molecule has 7 heteroatoms. The first-order chi connectivity index (χ1) is 14.6. The lowest BCUT2D eigenvalue weighted by molar-refractivity contribution is -0.116. The van der Waals surface area contributed by atoms with E-state index in [9.17, 15) is 9.59 Å². The average molecular weight is 420 g/mol. The van der Waals surface area contributed by atoms with Crippen LogP contribution in [-0.4, -0.2) is 45.3 Å². The van der Waals surface area contributed by atoms with Crippen LogP contribution in [0.3, 0.4) is 0 Å². The largest absolute Gasteiger partial charge is 0.331 e. The molecule has 0 spiro atoms. The third-order valence-electron chi connectivity index (χ3n) is 5.22. The number of benzene rings is 2. The van der Waals surface area contributed by atoms with Crippen molar-refractivity contribution in [1.29, 1.82) is 0 Å². The molecule has 0 radical (unpaired) electrons. The molecule has 2 amide bonds. The Balaban J connectivity index is 1.74. The van der Waals surface area contributed by atoms with Crippen LogP contribution < -0.4 is 5.32 Å². The van der Waals surface area contributed by atoms with Crippen LogP contribution in [0.4, 0.5) is 5.69 Å². The molecule has 7 nitrogen and oxygen atoms in total. The summed E-state index contributed by atoms with van der Waals surface area (Å²) in [5.74, 6) is -0.605. The van der Waals surface area contributed by atoms with E-state index in [1.165, 1.54) is 9.70 Å². The van der Waals surface area contributed by atoms with E-state index in [0.29, 0.717) is 5.69 Å². The Hall–Kier alpha value is -3.48. The molecule has 0 bridgehead atoms. The van der Waals surface area contributed by atoms with Crippen LogP contribution in [-0.2, 0) is 4.79 Å². The highest BCUT2D eigenvalue weighted by molar-refractivity contribution is 5.99. The second kappa shape index (κ2) is 8.71. The number of anilines is 1. The van der Waals surface area contributed by atoms with Crippen molar-refractivity contribution in [1.82, 2.24) is 19.9 Å². The van der Waals surface area contributed by atoms with Crippen LogP contribution in [0.15, 0.2) is 30.3 Å². The maximum atomic E-state index is 12.9. The first-order valence-electron chi connectivity index (χ1n) is 10.2. The first-order valence-corrected chi connectivity index (χ1v) is 10.2. The molecule has 1 N–H and O–H groups in total. The maximum Gasteiger partial charge on any atom is 0.276 e. The summed E-state index contributed by atoms with van der Waals surface area (Å²) in [6.45, 7) is 11.6. The summed E-state index contributed by atoms with van der Waals surface area (Å²) in [7, 11) is 1.59. The van der Waals surface area contributed by atoms with Crippen LogP contribution in [0.5, 0.6) is 0 Å². The number of nitrogens with one attached hydrogen (secondary N) is 1. The Morgan fingerprint density at radius 3 is 2.13 bits per heavy atom. The van der Waals surface area contributed by atoms with Gasteiger partial charge in [0.1, 0.15) is 0 Å². The molecule has 1 heterocycles. The lowest BCUT2D eigenvalue weighted by Crippen LogP contribution is -2.35. The van der Waals surface area contributed by atoms with Gasteiger partial charge in [-0.3, -0.25) is 9.59 Å². The van der Waals surface area contributed by atoms with Crippen molar-refractivity contribution in [2.45, 2.75) is 41.5 Å². The van der Waals surface area contributed by atoms with Crippen molar-refractivity contribution < 1.29 is 9.59 Å². The van der Waals surface area contributed by atoms with E-state index in [-0.39, 0.29) is 24.1 Å². The molecular formula is C24H29N5O2. The third kappa shape index (κ3) is 4.82. The van der Waals surface area contributed by atoms with E-state index in [2.05, 4.69) is 15.5 Å². The van der Waals surface area contributed by atoms with E-state index < -0.39 is 0 Å². The van der Waals surface area contributed by atoms with Crippen LogP contribution in [0.25, 0.3) is 5.69 Å². The number of amides is 2. The number of hydrogen-bond acceptors (Lipinski definition) is 4. The highest BCUT2D eigenvalue weighted by atomic mass is 16.2. The number of nitrogens with zero attached hydrogens (tertiary/aromatic N) is 4. The van der Waals surface area contributed by atoms with Crippen molar-refractivity contribution in [3.8, 4) is 5.69 Å². The van der Waals surface area contributed by atoms with Gasteiger partial charge in [-0.15, -0.1) is 5.10 Å². The minimum absolute atomic E-state index is 0.0819. The number of aryl methyl sites for hydroxylation is 6. The van der Waals surface area contributed by atoms with Gasteiger partial charge >= 0.3 is 0 Å². The number of carbonyl (C=O) groups excluding carboxylic acids is 2. The van der Waals surface area contributed by atoms with Crippen LogP contribution in [0.2, 0.25) is 0 Å². The fourth-order valence-electron chi connectivity index (χ4n) is 3.74. The normalized spacial score (nSPS) is 10.8. The molecule has 31 heavy (non-hydrogen) atoms. The zero-order valence-electron chi connectivity index (χ0n) is 19.2. The number of rotatable bonds is 5. The lowest BCUT2D eigenvalue weighted by Gasteiger charge is -2.18. The zero-order valence-corrected chi connectivity index (χ0v) is 19.2. The van der Waals surface area contributed by atoms with Gasteiger partial charge in [-0.05, 0) is 64.3 Å². The van der Waals surface area contributed by atoms with Crippen molar-refractivity contribution in [2.24, 2.45) is 0 Å². The Labute approximate surface area is 183 Å². The van der Waals surface area contributed by atoms with Gasteiger partial charge in [0, 0.05) is 12.7 Å². The second-order valence-corrected chi connectivity index (χ2v) is 8.20. The molecule has 162 valence electrons. The van der Waals surface area contributed by atoms with Gasteiger partial charge in [0.2, 0.25) is 5.91 Å². The SMILES string of the molecule is Cc1ccc(-n2nc(C)c(C(=O)N(C)CC(=O)Nc3c(C)cc(C)cc3C)n2)c(C)c1. The predicted octanol–water partition coefficient (Wildman–Crippen LogP) is 3.83. The molecule has 3 aromatic rings. The Morgan fingerprint density at radius 1 is 0.903 bits per heavy atom. The Morgan fingerprint density at radius 2 is 1.52 bits per heavy atom. The third-order valence-corrected chi connectivity index (χ3v) is 5.22. The molecule has 0 saturated heterocycles. The molecule has 0 aliphatic carbocycles. The lowest BCUT2D eigenvalue weighted by atomic mass is 10.1. The summed E-state index contributed by atoms with van der Waals surface area (Å²) < 4.78 is 0. The van der Waals surface area contributed by atoms with Crippen molar-refractivity contribution >= 4 is 17.5 Å². The first kappa shape index (κ1) is 22.2. The van der Waals surface area contributed by atoms with Gasteiger partial charge in [0.05, 0.1) is 17.9 Å². The monoisotopic (exact) mass is 419 g/mol. The van der Waals surface area contributed by atoms with E-state index in [1.807, 2.05) is 65.0 Å². The number of likely N-dealkylation sites (N-methyl/N-ethyl adjacent to an activating group) is 1. The van der Waals surface area contributed by atoms with Crippen molar-refractivity contribution in [3.63, 3.8) is 0 Å². The van der Waals surface area contributed by atoms with Gasteiger partial charge in [0.15, 0.2) is 5.69 Å². The molecule has 0 aliphatic rings. The highest BCUT2D eigenvalue weighted by Crippen LogP contribution is 2.22. The molecule has 0 fully saturated rings. The number of carbonyl (C=O) groups is 2. The Kier molecular flexibility index (Phi) is 6.24. The van der Waals surface area contributed by atoms with Gasteiger partial charge in [-0.25, -0.2) is 0 Å². The summed E-state index contributed by atoms with van der Waals surface area (Å²) in [5.41, 5.74) is 7.64. The molecule has 0 saturated carbocycles. The summed E-state index contributed by atoms with van der Waals surface area (Å²) >= 11 is 0. The minimum atomic E-state index is -0.346. The van der Waals surface area contributed by atoms with E-state index in [0.717, 1.165) is 39.2 Å². The number of aromatic nitrogens is 3. The molecule has 1 aromatic heterocycles. The van der Waals surface area contributed by atoms with Gasteiger partial charge in [-0.1, -0.05) is 35.4 Å². The van der Waals surface area contributed by atoms with Crippen LogP contribution in [0.1, 0.15) is 44.0 Å². The number of hydrogen-bond donors (Lipinski definition) is 1. The molecule has 2 aromatic carbocycles. The molecule has 0 unspecified atom stereocenters. The summed E-state index contributed by atoms with van der Waals surface area (Å²) in [5, 5.41) is 11.7. The fourth-order valence-corrected chi connectivity index (χ4v) is 3.74. The van der Waals surface area contributed by atoms with E-state index in [4.69, 9.17) is 0 Å². The summed E-state index contributed by atoms with van der Waals surface area (Å²) in [6.07, 6.45) is 0. The van der Waals surface area contributed by atoms with Crippen molar-refractivity contribution in [2.75, 3.05) is 18.9 Å². The van der Waals surface area contributed by atoms with Gasteiger partial charge in [-0.2, -0.15) is 9.90 Å². The van der Waals surface area contributed by atoms with Crippen LogP contribution >= 0.6 is 0 Å². The van der Waals surface area contributed by atoms with Crippen molar-refractivity contribution in [3.05, 3.63) is 69.5 Å². The fraction of sp³-hybridized carbons (Fsp3) is 0.333. The smallest absolute Gasteiger partial charge is 0.276 e. The molecular weight excluding hydrogens is 390 g/mol. The van der Waals surface area contributed by atoms with Crippen LogP contribution in [0, 0.1) is 41.5 Å². The highest BCUT2D eigenvalue weighted by Gasteiger charge is 2.22. The zero-order chi connectivity index (χ0) is 22.9. The second-order valence-electron chi connectivity index (χ2n) is 8.20. The van der Waals surface area contributed by atoms with E-state index >= 15 is 0 Å². The average Bonchev–Trinajstić information content (AvgIpc) is 3.05. The van der Waals surface area contributed by atoms with Gasteiger partial charge < -0.3 is 10.2 Å². The standard InChI is InChI=1S/C24H29N5O2/c1-14-8-9-20(16(3)10-14)29-26-19(6)23(27-29)24(31)28(7)13-21(30)25-22-17(4)11-15(2)12-18(22)5/h8-12H,13H2,1-7H3,(H,25,30). The maximum absolute atomic E-state index is 12.9.